The molecule has 5 nitrogen and oxygen atoms in total. The van der Waals surface area contributed by atoms with Crippen LogP contribution in [-0.2, 0) is 10.0 Å². The van der Waals surface area contributed by atoms with Gasteiger partial charge in [0.1, 0.15) is 0 Å². The predicted molar refractivity (Wildman–Crippen MR) is 79.2 cm³/mol. The van der Waals surface area contributed by atoms with Crippen molar-refractivity contribution in [1.82, 2.24) is 0 Å². The Labute approximate surface area is 126 Å². The van der Waals surface area contributed by atoms with Gasteiger partial charge in [-0.05, 0) is 30.3 Å². The van der Waals surface area contributed by atoms with Crippen LogP contribution in [0.2, 0.25) is 0 Å². The minimum Gasteiger partial charge on any atom is -0.320 e. The molecular formula is C14H12F2N2O3S. The lowest BCUT2D eigenvalue weighted by Crippen LogP contribution is -2.16. The molecule has 0 bridgehead atoms. The van der Waals surface area contributed by atoms with Gasteiger partial charge in [0, 0.05) is 5.56 Å². The minimum absolute atomic E-state index is 0.0898. The van der Waals surface area contributed by atoms with Gasteiger partial charge in [-0.2, -0.15) is 0 Å². The van der Waals surface area contributed by atoms with Crippen molar-refractivity contribution >= 4 is 27.3 Å². The number of rotatable bonds is 4. The molecule has 0 aliphatic heterocycles. The third kappa shape index (κ3) is 4.01. The molecule has 22 heavy (non-hydrogen) atoms. The molecule has 116 valence electrons. The van der Waals surface area contributed by atoms with E-state index in [9.17, 15) is 22.0 Å². The Bertz CT molecular complexity index is 823. The average molecular weight is 326 g/mol. The Balaban J connectivity index is 2.27. The minimum atomic E-state index is -3.52. The number of halogens is 2. The molecule has 0 fully saturated rings. The van der Waals surface area contributed by atoms with Crippen LogP contribution in [0, 0.1) is 11.6 Å². The summed E-state index contributed by atoms with van der Waals surface area (Å²) in [7, 11) is -3.52. The van der Waals surface area contributed by atoms with Crippen LogP contribution in [0.3, 0.4) is 0 Å². The van der Waals surface area contributed by atoms with Crippen LogP contribution in [0.5, 0.6) is 0 Å². The van der Waals surface area contributed by atoms with E-state index in [0.717, 1.165) is 24.5 Å². The zero-order chi connectivity index (χ0) is 16.3. The van der Waals surface area contributed by atoms with Gasteiger partial charge < -0.3 is 5.32 Å². The summed E-state index contributed by atoms with van der Waals surface area (Å²) < 4.78 is 50.8. The molecule has 0 heterocycles. The van der Waals surface area contributed by atoms with Gasteiger partial charge in [-0.15, -0.1) is 0 Å². The summed E-state index contributed by atoms with van der Waals surface area (Å²) in [6.07, 6.45) is 0.973. The first-order chi connectivity index (χ1) is 10.3. The molecule has 8 heteroatoms. The van der Waals surface area contributed by atoms with Crippen LogP contribution in [0.25, 0.3) is 0 Å². The smallest absolute Gasteiger partial charge is 0.255 e. The van der Waals surface area contributed by atoms with E-state index in [4.69, 9.17) is 0 Å². The fourth-order valence-corrected chi connectivity index (χ4v) is 2.29. The molecule has 2 aromatic rings. The van der Waals surface area contributed by atoms with Crippen molar-refractivity contribution in [2.75, 3.05) is 16.3 Å². The predicted octanol–water partition coefficient (Wildman–Crippen LogP) is 2.59. The maximum atomic E-state index is 13.1. The number of benzene rings is 2. The topological polar surface area (TPSA) is 75.3 Å². The summed E-state index contributed by atoms with van der Waals surface area (Å²) in [5.41, 5.74) is 0.275. The summed E-state index contributed by atoms with van der Waals surface area (Å²) in [6.45, 7) is 0. The van der Waals surface area contributed by atoms with Crippen molar-refractivity contribution < 1.29 is 22.0 Å². The van der Waals surface area contributed by atoms with Crippen molar-refractivity contribution in [2.24, 2.45) is 0 Å². The number of carbonyl (C=O) groups excluding carboxylic acids is 1. The number of anilines is 2. The van der Waals surface area contributed by atoms with Gasteiger partial charge in [-0.1, -0.05) is 12.1 Å². The van der Waals surface area contributed by atoms with Crippen LogP contribution in [0.4, 0.5) is 20.2 Å². The first-order valence-corrected chi connectivity index (χ1v) is 7.98. The lowest BCUT2D eigenvalue weighted by molar-refractivity contribution is 0.102. The molecule has 2 N–H and O–H groups in total. The van der Waals surface area contributed by atoms with Crippen LogP contribution < -0.4 is 10.0 Å². The standard InChI is InChI=1S/C14H12F2N2O3S/c1-22(20,21)18-13-5-3-2-4-12(13)17-14(19)9-6-7-10(15)11(16)8-9/h2-8,18H,1H3,(H,17,19). The number of hydrogen-bond acceptors (Lipinski definition) is 3. The van der Waals surface area contributed by atoms with E-state index >= 15 is 0 Å². The summed E-state index contributed by atoms with van der Waals surface area (Å²) in [4.78, 5) is 12.0. The monoisotopic (exact) mass is 326 g/mol. The molecule has 0 saturated carbocycles. The molecule has 0 aromatic heterocycles. The molecule has 2 rings (SSSR count). The maximum Gasteiger partial charge on any atom is 0.255 e. The quantitative estimate of drug-likeness (QED) is 0.907. The lowest BCUT2D eigenvalue weighted by Gasteiger charge is -2.12. The lowest BCUT2D eigenvalue weighted by atomic mass is 10.2. The molecule has 0 spiro atoms. The Morgan fingerprint density at radius 1 is 1.00 bits per heavy atom. The summed E-state index contributed by atoms with van der Waals surface area (Å²) in [5, 5.41) is 2.44. The van der Waals surface area contributed by atoms with Gasteiger partial charge in [0.15, 0.2) is 11.6 Å². The van der Waals surface area contributed by atoms with E-state index in [-0.39, 0.29) is 16.9 Å². The van der Waals surface area contributed by atoms with E-state index < -0.39 is 27.6 Å². The molecular weight excluding hydrogens is 314 g/mol. The van der Waals surface area contributed by atoms with E-state index in [1.807, 2.05) is 0 Å². The largest absolute Gasteiger partial charge is 0.320 e. The van der Waals surface area contributed by atoms with Crippen molar-refractivity contribution in [3.05, 3.63) is 59.7 Å². The molecule has 2 aromatic carbocycles. The molecule has 0 unspecified atom stereocenters. The fraction of sp³-hybridized carbons (Fsp3) is 0.0714. The highest BCUT2D eigenvalue weighted by Gasteiger charge is 2.13. The molecule has 0 aliphatic rings. The number of hydrogen-bond donors (Lipinski definition) is 2. The zero-order valence-corrected chi connectivity index (χ0v) is 12.2. The van der Waals surface area contributed by atoms with Crippen LogP contribution >= 0.6 is 0 Å². The van der Waals surface area contributed by atoms with E-state index in [2.05, 4.69) is 10.0 Å². The van der Waals surface area contributed by atoms with E-state index in [0.29, 0.717) is 0 Å². The van der Waals surface area contributed by atoms with Gasteiger partial charge in [-0.3, -0.25) is 9.52 Å². The SMILES string of the molecule is CS(=O)(=O)Nc1ccccc1NC(=O)c1ccc(F)c(F)c1. The number of nitrogens with one attached hydrogen (secondary N) is 2. The van der Waals surface area contributed by atoms with Crippen molar-refractivity contribution in [2.45, 2.75) is 0 Å². The van der Waals surface area contributed by atoms with Crippen LogP contribution in [-0.4, -0.2) is 20.6 Å². The Kier molecular flexibility index (Phi) is 4.41. The van der Waals surface area contributed by atoms with Gasteiger partial charge >= 0.3 is 0 Å². The third-order valence-electron chi connectivity index (χ3n) is 2.65. The number of para-hydroxylation sites is 2. The highest BCUT2D eigenvalue weighted by atomic mass is 32.2. The zero-order valence-electron chi connectivity index (χ0n) is 11.4. The Hall–Kier alpha value is -2.48. The van der Waals surface area contributed by atoms with Crippen molar-refractivity contribution in [1.29, 1.82) is 0 Å². The summed E-state index contributed by atoms with van der Waals surface area (Å²) in [5.74, 6) is -2.90. The second-order valence-corrected chi connectivity index (χ2v) is 6.25. The van der Waals surface area contributed by atoms with Gasteiger partial charge in [0.05, 0.1) is 17.6 Å². The average Bonchev–Trinajstić information content (AvgIpc) is 2.42. The molecule has 0 saturated heterocycles. The van der Waals surface area contributed by atoms with Crippen LogP contribution in [0.1, 0.15) is 10.4 Å². The maximum absolute atomic E-state index is 13.1. The van der Waals surface area contributed by atoms with Crippen molar-refractivity contribution in [3.8, 4) is 0 Å². The van der Waals surface area contributed by atoms with Gasteiger partial charge in [0.2, 0.25) is 10.0 Å². The van der Waals surface area contributed by atoms with E-state index in [1.54, 1.807) is 12.1 Å². The van der Waals surface area contributed by atoms with Gasteiger partial charge in [0.25, 0.3) is 5.91 Å². The van der Waals surface area contributed by atoms with Crippen molar-refractivity contribution in [3.63, 3.8) is 0 Å². The number of carbonyl (C=O) groups is 1. The second-order valence-electron chi connectivity index (χ2n) is 4.50. The second kappa shape index (κ2) is 6.10. The summed E-state index contributed by atoms with van der Waals surface area (Å²) in [6, 6.07) is 8.84. The fourth-order valence-electron chi connectivity index (χ4n) is 1.71. The van der Waals surface area contributed by atoms with E-state index in [1.165, 1.54) is 12.1 Å². The Morgan fingerprint density at radius 2 is 1.64 bits per heavy atom. The number of sulfonamides is 1. The Morgan fingerprint density at radius 3 is 2.23 bits per heavy atom. The molecule has 0 radical (unpaired) electrons. The summed E-state index contributed by atoms with van der Waals surface area (Å²) >= 11 is 0. The van der Waals surface area contributed by atoms with Crippen LogP contribution in [0.15, 0.2) is 42.5 Å². The normalized spacial score (nSPS) is 11.0. The van der Waals surface area contributed by atoms with Gasteiger partial charge in [-0.25, -0.2) is 17.2 Å². The first kappa shape index (κ1) is 15.9. The molecule has 1 amide bonds. The highest BCUT2D eigenvalue weighted by molar-refractivity contribution is 7.92. The first-order valence-electron chi connectivity index (χ1n) is 6.09. The highest BCUT2D eigenvalue weighted by Crippen LogP contribution is 2.22. The molecule has 0 atom stereocenters. The third-order valence-corrected chi connectivity index (χ3v) is 3.24. The molecule has 0 aliphatic carbocycles. The number of amides is 1.